The predicted molar refractivity (Wildman–Crippen MR) is 328 cm³/mol. The molecule has 0 aliphatic carbocycles. The number of rotatable bonds is 13. The van der Waals surface area contributed by atoms with Gasteiger partial charge in [-0.05, 0) is 133 Å². The Balaban J connectivity index is 0.000000179. The molecule has 10 rings (SSSR count). The van der Waals surface area contributed by atoms with E-state index >= 15 is 0 Å². The number of hydrogen-bond acceptors (Lipinski definition) is 10. The number of hydrogen-bond donors (Lipinski definition) is 2. The quantitative estimate of drug-likeness (QED) is 0.0836. The monoisotopic (exact) mass is 1100 g/mol. The van der Waals surface area contributed by atoms with Crippen LogP contribution in [0.25, 0.3) is 45.3 Å². The lowest BCUT2D eigenvalue weighted by Crippen LogP contribution is -2.17. The van der Waals surface area contributed by atoms with Crippen LogP contribution in [-0.2, 0) is 28.4 Å². The maximum Gasteiger partial charge on any atom is 0.341 e. The molecule has 4 aromatic heterocycles. The smallest absolute Gasteiger partial charge is 0.341 e. The summed E-state index contributed by atoms with van der Waals surface area (Å²) in [7, 11) is 4.49. The molecule has 0 bridgehead atoms. The molecule has 0 saturated heterocycles. The van der Waals surface area contributed by atoms with Gasteiger partial charge in [0.15, 0.2) is 0 Å². The average molecular weight is 1100 g/mol. The standard InChI is InChI=1S/C33H35N5O2.C21H21N5.C13H18O3/c1-7-29-27(19-35-38(29)25-11-9-8-10-12-25)28-20-37(21-34-28)30-18-24(15-13-22(30)2)36-32(39)26-17-23(33(3,4)5)14-16-31(26)40-6;1-3-20-18(12-24-26(20)17-7-5-4-6-8-17)19-13-25(14-23-19)21-11-16(22)10-9-15(21)2;1-13(2,3)9-6-7-11(15-4)10(8-9)12(14)16-5/h8-21H,7H2,1-6H3,(H,36,39);4-14H,3,22H2,1-2H3;6-8H,1-5H3. The van der Waals surface area contributed by atoms with Gasteiger partial charge in [-0.25, -0.2) is 24.1 Å². The van der Waals surface area contributed by atoms with E-state index in [1.807, 2.05) is 172 Å². The van der Waals surface area contributed by atoms with Crippen molar-refractivity contribution >= 4 is 23.3 Å². The van der Waals surface area contributed by atoms with Crippen LogP contribution in [0.2, 0.25) is 0 Å². The number of aromatic nitrogens is 8. The van der Waals surface area contributed by atoms with Crippen LogP contribution in [0, 0.1) is 13.8 Å². The highest BCUT2D eigenvalue weighted by molar-refractivity contribution is 6.06. The second-order valence-corrected chi connectivity index (χ2v) is 21.9. The Hall–Kier alpha value is -9.50. The van der Waals surface area contributed by atoms with Crippen LogP contribution in [-0.4, -0.2) is 71.9 Å². The topological polar surface area (TPSA) is 171 Å². The molecule has 0 unspecified atom stereocenters. The molecule has 10 aromatic rings. The maximum atomic E-state index is 13.4. The van der Waals surface area contributed by atoms with Gasteiger partial charge in [-0.1, -0.05) is 116 Å². The number of imidazole rings is 2. The number of nitrogens with two attached hydrogens (primary N) is 1. The molecule has 0 atom stereocenters. The molecule has 15 nitrogen and oxygen atoms in total. The number of carbonyl (C=O) groups is 2. The summed E-state index contributed by atoms with van der Waals surface area (Å²) in [5.74, 6) is 0.493. The number of aryl methyl sites for hydroxylation is 2. The van der Waals surface area contributed by atoms with Gasteiger partial charge in [0.2, 0.25) is 0 Å². The molecule has 4 heterocycles. The van der Waals surface area contributed by atoms with E-state index in [-0.39, 0.29) is 22.7 Å². The summed E-state index contributed by atoms with van der Waals surface area (Å²) in [5, 5.41) is 12.3. The molecule has 1 amide bonds. The molecule has 82 heavy (non-hydrogen) atoms. The van der Waals surface area contributed by atoms with Crippen LogP contribution >= 0.6 is 0 Å². The van der Waals surface area contributed by atoms with Gasteiger partial charge < -0.3 is 34.4 Å². The van der Waals surface area contributed by atoms with Crippen molar-refractivity contribution in [3.05, 3.63) is 216 Å². The van der Waals surface area contributed by atoms with Crippen LogP contribution in [0.5, 0.6) is 11.5 Å². The highest BCUT2D eigenvalue weighted by Gasteiger charge is 2.23. The number of esters is 1. The average Bonchev–Trinajstić information content (AvgIpc) is 4.53. The fourth-order valence-electron chi connectivity index (χ4n) is 9.49. The maximum absolute atomic E-state index is 13.4. The lowest BCUT2D eigenvalue weighted by atomic mass is 9.86. The zero-order valence-corrected chi connectivity index (χ0v) is 49.3. The molecular weight excluding hydrogens is 1020 g/mol. The van der Waals surface area contributed by atoms with Crippen molar-refractivity contribution in [3.8, 4) is 56.8 Å². The number of nitrogen functional groups attached to an aromatic ring is 1. The van der Waals surface area contributed by atoms with E-state index in [1.54, 1.807) is 26.6 Å². The Bertz CT molecular complexity index is 3820. The van der Waals surface area contributed by atoms with E-state index in [9.17, 15) is 9.59 Å². The summed E-state index contributed by atoms with van der Waals surface area (Å²) in [6.45, 7) is 21.0. The third-order valence-corrected chi connectivity index (χ3v) is 14.2. The zero-order valence-electron chi connectivity index (χ0n) is 49.3. The molecule has 0 saturated carbocycles. The highest BCUT2D eigenvalue weighted by Crippen LogP contribution is 2.33. The lowest BCUT2D eigenvalue weighted by Gasteiger charge is -2.21. The van der Waals surface area contributed by atoms with E-state index < -0.39 is 0 Å². The number of ether oxygens (including phenoxy) is 3. The normalized spacial score (nSPS) is 11.2. The van der Waals surface area contributed by atoms with Crippen molar-refractivity contribution in [3.63, 3.8) is 0 Å². The minimum Gasteiger partial charge on any atom is -0.496 e. The predicted octanol–water partition coefficient (Wildman–Crippen LogP) is 14.1. The molecule has 3 N–H and O–H groups in total. The number of nitrogens with zero attached hydrogens (tertiary/aromatic N) is 8. The van der Waals surface area contributed by atoms with Gasteiger partial charge in [0.1, 0.15) is 17.1 Å². The Labute approximate surface area is 481 Å². The number of methoxy groups -OCH3 is 3. The van der Waals surface area contributed by atoms with E-state index in [2.05, 4.69) is 94.9 Å². The Morgan fingerprint density at radius 1 is 0.561 bits per heavy atom. The largest absolute Gasteiger partial charge is 0.496 e. The van der Waals surface area contributed by atoms with Crippen molar-refractivity contribution in [2.24, 2.45) is 0 Å². The van der Waals surface area contributed by atoms with Gasteiger partial charge in [-0.15, -0.1) is 0 Å². The first-order chi connectivity index (χ1) is 39.3. The Morgan fingerprint density at radius 3 is 1.46 bits per heavy atom. The third kappa shape index (κ3) is 13.2. The van der Waals surface area contributed by atoms with Gasteiger partial charge >= 0.3 is 5.97 Å². The van der Waals surface area contributed by atoms with Crippen molar-refractivity contribution in [2.75, 3.05) is 32.4 Å². The molecule has 0 spiro atoms. The molecule has 0 aliphatic rings. The van der Waals surface area contributed by atoms with Crippen molar-refractivity contribution in [1.29, 1.82) is 0 Å². The molecule has 422 valence electrons. The van der Waals surface area contributed by atoms with Gasteiger partial charge in [0.05, 0.1) is 97.5 Å². The number of anilines is 2. The Morgan fingerprint density at radius 2 is 1.01 bits per heavy atom. The Kier molecular flexibility index (Phi) is 18.1. The first-order valence-corrected chi connectivity index (χ1v) is 27.3. The molecule has 6 aromatic carbocycles. The van der Waals surface area contributed by atoms with Gasteiger partial charge in [0, 0.05) is 34.9 Å². The third-order valence-electron chi connectivity index (χ3n) is 14.2. The molecule has 0 aliphatic heterocycles. The molecule has 15 heteroatoms. The van der Waals surface area contributed by atoms with E-state index in [4.69, 9.17) is 24.9 Å². The number of carbonyl (C=O) groups excluding carboxylic acids is 2. The number of para-hydroxylation sites is 2. The second kappa shape index (κ2) is 25.3. The summed E-state index contributed by atoms with van der Waals surface area (Å²) in [5.41, 5.74) is 22.7. The first-order valence-electron chi connectivity index (χ1n) is 27.3. The number of benzene rings is 6. The van der Waals surface area contributed by atoms with Gasteiger partial charge in [0.25, 0.3) is 5.91 Å². The summed E-state index contributed by atoms with van der Waals surface area (Å²) in [4.78, 5) is 34.3. The molecule has 0 fully saturated rings. The molecule has 0 radical (unpaired) electrons. The summed E-state index contributed by atoms with van der Waals surface area (Å²) >= 11 is 0. The number of nitrogens with one attached hydrogen (secondary N) is 1. The summed E-state index contributed by atoms with van der Waals surface area (Å²) in [6, 6.07) is 43.4. The van der Waals surface area contributed by atoms with E-state index in [0.717, 1.165) is 97.4 Å². The van der Waals surface area contributed by atoms with Gasteiger partial charge in [-0.3, -0.25) is 4.79 Å². The van der Waals surface area contributed by atoms with Crippen molar-refractivity contribution < 1.29 is 23.8 Å². The SMILES string of the molecule is CCc1c(-c2cn(-c3cc(N)ccc3C)cn2)cnn1-c1ccccc1.CCc1c(-c2cn(-c3cc(NC(=O)c4cc(C(C)(C)C)ccc4OC)ccc3C)cn2)cnn1-c1ccccc1.COC(=O)c1cc(C(C)(C)C)ccc1OC. The van der Waals surface area contributed by atoms with Crippen molar-refractivity contribution in [1.82, 2.24) is 38.7 Å². The zero-order chi connectivity index (χ0) is 58.9. The summed E-state index contributed by atoms with van der Waals surface area (Å²) in [6.07, 6.45) is 13.1. The highest BCUT2D eigenvalue weighted by atomic mass is 16.5. The van der Waals surface area contributed by atoms with Crippen LogP contribution in [0.4, 0.5) is 11.4 Å². The van der Waals surface area contributed by atoms with E-state index in [0.29, 0.717) is 28.3 Å². The molecular formula is C67H74N10O5. The number of amides is 1. The van der Waals surface area contributed by atoms with Crippen molar-refractivity contribution in [2.45, 2.75) is 92.9 Å². The van der Waals surface area contributed by atoms with Crippen LogP contribution < -0.4 is 20.5 Å². The lowest BCUT2D eigenvalue weighted by molar-refractivity contribution is 0.0596. The minimum atomic E-state index is -0.372. The van der Waals surface area contributed by atoms with Crippen LogP contribution in [0.15, 0.2) is 171 Å². The van der Waals surface area contributed by atoms with Gasteiger partial charge in [-0.2, -0.15) is 10.2 Å². The minimum absolute atomic E-state index is 0.00492. The van der Waals surface area contributed by atoms with Crippen LogP contribution in [0.3, 0.4) is 0 Å². The fourth-order valence-corrected chi connectivity index (χ4v) is 9.49. The fraction of sp³-hybridized carbons (Fsp3) is 0.254. The second-order valence-electron chi connectivity index (χ2n) is 21.9. The van der Waals surface area contributed by atoms with Crippen LogP contribution in [0.1, 0.15) is 110 Å². The van der Waals surface area contributed by atoms with E-state index in [1.165, 1.54) is 7.11 Å². The first kappa shape index (κ1) is 58.6. The summed E-state index contributed by atoms with van der Waals surface area (Å²) < 4.78 is 23.3.